The summed E-state index contributed by atoms with van der Waals surface area (Å²) < 4.78 is 5.80. The molecule has 3 heteroatoms. The van der Waals surface area contributed by atoms with Crippen molar-refractivity contribution in [3.05, 3.63) is 17.8 Å². The van der Waals surface area contributed by atoms with Gasteiger partial charge in [0.05, 0.1) is 6.20 Å². The zero-order chi connectivity index (χ0) is 12.8. The molecule has 0 saturated heterocycles. The first kappa shape index (κ1) is 13.6. The van der Waals surface area contributed by atoms with Crippen molar-refractivity contribution in [1.29, 1.82) is 0 Å². The standard InChI is InChI=1S/C15H26N2O/c1-12(2)10-16-8-7-15-17-11-14(18-15)9-13-5-3-4-6-13/h11-13,16H,3-10H2,1-2H3. The zero-order valence-electron chi connectivity index (χ0n) is 11.7. The van der Waals surface area contributed by atoms with Crippen molar-refractivity contribution in [3.8, 4) is 0 Å². The van der Waals surface area contributed by atoms with Crippen LogP contribution in [0.5, 0.6) is 0 Å². The Kier molecular flexibility index (Phi) is 5.24. The highest BCUT2D eigenvalue weighted by atomic mass is 16.4. The average molecular weight is 250 g/mol. The molecule has 1 aliphatic rings. The normalized spacial score (nSPS) is 16.8. The van der Waals surface area contributed by atoms with Crippen LogP contribution < -0.4 is 5.32 Å². The van der Waals surface area contributed by atoms with Crippen LogP contribution in [0.2, 0.25) is 0 Å². The Balaban J connectivity index is 1.68. The molecule has 1 aromatic rings. The third kappa shape index (κ3) is 4.45. The summed E-state index contributed by atoms with van der Waals surface area (Å²) in [6.07, 6.45) is 9.44. The monoisotopic (exact) mass is 250 g/mol. The van der Waals surface area contributed by atoms with E-state index in [-0.39, 0.29) is 0 Å². The van der Waals surface area contributed by atoms with Crippen molar-refractivity contribution in [2.24, 2.45) is 11.8 Å². The molecule has 102 valence electrons. The average Bonchev–Trinajstić information content (AvgIpc) is 2.97. The van der Waals surface area contributed by atoms with E-state index in [9.17, 15) is 0 Å². The molecule has 0 amide bonds. The van der Waals surface area contributed by atoms with Gasteiger partial charge in [-0.3, -0.25) is 0 Å². The van der Waals surface area contributed by atoms with Crippen LogP contribution in [-0.4, -0.2) is 18.1 Å². The lowest BCUT2D eigenvalue weighted by atomic mass is 10.0. The van der Waals surface area contributed by atoms with Crippen LogP contribution >= 0.6 is 0 Å². The molecule has 0 radical (unpaired) electrons. The van der Waals surface area contributed by atoms with Gasteiger partial charge in [0.1, 0.15) is 5.76 Å². The molecule has 0 atom stereocenters. The van der Waals surface area contributed by atoms with Gasteiger partial charge in [-0.2, -0.15) is 0 Å². The highest BCUT2D eigenvalue weighted by Gasteiger charge is 2.17. The van der Waals surface area contributed by atoms with Gasteiger partial charge in [0.15, 0.2) is 5.89 Å². The molecule has 3 nitrogen and oxygen atoms in total. The summed E-state index contributed by atoms with van der Waals surface area (Å²) in [4.78, 5) is 4.37. The lowest BCUT2D eigenvalue weighted by molar-refractivity contribution is 0.410. The van der Waals surface area contributed by atoms with Crippen LogP contribution in [0.15, 0.2) is 10.6 Å². The zero-order valence-corrected chi connectivity index (χ0v) is 11.7. The highest BCUT2D eigenvalue weighted by Crippen LogP contribution is 2.28. The van der Waals surface area contributed by atoms with Crippen molar-refractivity contribution in [2.45, 2.75) is 52.4 Å². The van der Waals surface area contributed by atoms with Crippen molar-refractivity contribution >= 4 is 0 Å². The van der Waals surface area contributed by atoms with Gasteiger partial charge in [0.2, 0.25) is 0 Å². The van der Waals surface area contributed by atoms with Gasteiger partial charge in [-0.15, -0.1) is 0 Å². The molecule has 1 aromatic heterocycles. The number of rotatable bonds is 7. The summed E-state index contributed by atoms with van der Waals surface area (Å²) in [6, 6.07) is 0. The third-order valence-electron chi connectivity index (χ3n) is 3.63. The van der Waals surface area contributed by atoms with E-state index in [1.165, 1.54) is 25.7 Å². The van der Waals surface area contributed by atoms with Crippen molar-refractivity contribution in [2.75, 3.05) is 13.1 Å². The maximum absolute atomic E-state index is 5.80. The van der Waals surface area contributed by atoms with Crippen molar-refractivity contribution in [1.82, 2.24) is 10.3 Å². The largest absolute Gasteiger partial charge is 0.446 e. The summed E-state index contributed by atoms with van der Waals surface area (Å²) in [7, 11) is 0. The van der Waals surface area contributed by atoms with Crippen LogP contribution in [0.25, 0.3) is 0 Å². The summed E-state index contributed by atoms with van der Waals surface area (Å²) in [5, 5.41) is 3.42. The second-order valence-electron chi connectivity index (χ2n) is 5.92. The minimum atomic E-state index is 0.701. The van der Waals surface area contributed by atoms with Gasteiger partial charge in [-0.05, 0) is 18.4 Å². The number of nitrogens with zero attached hydrogens (tertiary/aromatic N) is 1. The topological polar surface area (TPSA) is 38.1 Å². The summed E-state index contributed by atoms with van der Waals surface area (Å²) >= 11 is 0. The Hall–Kier alpha value is -0.830. The minimum Gasteiger partial charge on any atom is -0.446 e. The second kappa shape index (κ2) is 6.93. The lowest BCUT2D eigenvalue weighted by Gasteiger charge is -2.06. The van der Waals surface area contributed by atoms with E-state index in [2.05, 4.69) is 24.1 Å². The highest BCUT2D eigenvalue weighted by molar-refractivity contribution is 4.96. The number of aromatic nitrogens is 1. The van der Waals surface area contributed by atoms with Crippen LogP contribution in [-0.2, 0) is 12.8 Å². The third-order valence-corrected chi connectivity index (χ3v) is 3.63. The number of nitrogens with one attached hydrogen (secondary N) is 1. The van der Waals surface area contributed by atoms with E-state index in [1.54, 1.807) is 0 Å². The van der Waals surface area contributed by atoms with E-state index in [4.69, 9.17) is 4.42 Å². The van der Waals surface area contributed by atoms with E-state index >= 15 is 0 Å². The Bertz CT molecular complexity index is 340. The van der Waals surface area contributed by atoms with Crippen LogP contribution in [0.4, 0.5) is 0 Å². The summed E-state index contributed by atoms with van der Waals surface area (Å²) in [5.74, 6) is 3.51. The molecule has 1 saturated carbocycles. The fraction of sp³-hybridized carbons (Fsp3) is 0.800. The Morgan fingerprint density at radius 2 is 2.17 bits per heavy atom. The molecule has 1 N–H and O–H groups in total. The van der Waals surface area contributed by atoms with E-state index < -0.39 is 0 Å². The van der Waals surface area contributed by atoms with Gasteiger partial charge < -0.3 is 9.73 Å². The van der Waals surface area contributed by atoms with Gasteiger partial charge in [0, 0.05) is 19.4 Å². The number of oxazole rings is 1. The Labute approximate surface area is 110 Å². The van der Waals surface area contributed by atoms with E-state index in [0.29, 0.717) is 5.92 Å². The van der Waals surface area contributed by atoms with Gasteiger partial charge in [-0.25, -0.2) is 4.98 Å². The quantitative estimate of drug-likeness (QED) is 0.755. The maximum Gasteiger partial charge on any atom is 0.195 e. The number of hydrogen-bond acceptors (Lipinski definition) is 3. The fourth-order valence-electron chi connectivity index (χ4n) is 2.64. The smallest absolute Gasteiger partial charge is 0.195 e. The van der Waals surface area contributed by atoms with Crippen LogP contribution in [0, 0.1) is 11.8 Å². The lowest BCUT2D eigenvalue weighted by Crippen LogP contribution is -2.22. The Morgan fingerprint density at radius 3 is 2.89 bits per heavy atom. The van der Waals surface area contributed by atoms with Crippen molar-refractivity contribution < 1.29 is 4.42 Å². The minimum absolute atomic E-state index is 0.701. The SMILES string of the molecule is CC(C)CNCCc1ncc(CC2CCCC2)o1. The van der Waals surface area contributed by atoms with Crippen LogP contribution in [0.3, 0.4) is 0 Å². The van der Waals surface area contributed by atoms with Gasteiger partial charge in [0.25, 0.3) is 0 Å². The first-order chi connectivity index (χ1) is 8.74. The fourth-order valence-corrected chi connectivity index (χ4v) is 2.64. The predicted octanol–water partition coefficient (Wildman–Crippen LogP) is 3.20. The van der Waals surface area contributed by atoms with Crippen molar-refractivity contribution in [3.63, 3.8) is 0 Å². The molecule has 0 aliphatic heterocycles. The molecule has 18 heavy (non-hydrogen) atoms. The molecule has 0 bridgehead atoms. The van der Waals surface area contributed by atoms with E-state index in [0.717, 1.165) is 43.5 Å². The first-order valence-electron chi connectivity index (χ1n) is 7.38. The molecule has 1 heterocycles. The molecule has 0 aromatic carbocycles. The first-order valence-corrected chi connectivity index (χ1v) is 7.38. The Morgan fingerprint density at radius 1 is 1.39 bits per heavy atom. The predicted molar refractivity (Wildman–Crippen MR) is 73.6 cm³/mol. The molecule has 0 spiro atoms. The second-order valence-corrected chi connectivity index (χ2v) is 5.92. The van der Waals surface area contributed by atoms with Crippen LogP contribution in [0.1, 0.15) is 51.2 Å². The molecule has 1 aliphatic carbocycles. The summed E-state index contributed by atoms with van der Waals surface area (Å²) in [6.45, 7) is 6.47. The molecular formula is C15H26N2O. The molecule has 0 unspecified atom stereocenters. The molecular weight excluding hydrogens is 224 g/mol. The maximum atomic E-state index is 5.80. The number of hydrogen-bond donors (Lipinski definition) is 1. The van der Waals surface area contributed by atoms with Gasteiger partial charge >= 0.3 is 0 Å². The summed E-state index contributed by atoms with van der Waals surface area (Å²) in [5.41, 5.74) is 0. The van der Waals surface area contributed by atoms with Gasteiger partial charge in [-0.1, -0.05) is 39.5 Å². The molecule has 2 rings (SSSR count). The molecule has 1 fully saturated rings. The van der Waals surface area contributed by atoms with E-state index in [1.807, 2.05) is 6.20 Å².